The summed E-state index contributed by atoms with van der Waals surface area (Å²) in [5.41, 5.74) is 15.4. The predicted octanol–water partition coefficient (Wildman–Crippen LogP) is 3.25. The first-order valence-electron chi connectivity index (χ1n) is 9.78. The van der Waals surface area contributed by atoms with Crippen molar-refractivity contribution in [2.24, 2.45) is 11.5 Å². The zero-order valence-electron chi connectivity index (χ0n) is 17.7. The molecule has 8 heteroatoms. The quantitative estimate of drug-likeness (QED) is 0.310. The molecule has 0 saturated carbocycles. The molecule has 0 saturated heterocycles. The summed E-state index contributed by atoms with van der Waals surface area (Å²) >= 11 is 0. The van der Waals surface area contributed by atoms with Gasteiger partial charge in [-0.05, 0) is 42.8 Å². The largest absolute Gasteiger partial charge is 0.384 e. The maximum Gasteiger partial charge on any atom is 0.251 e. The van der Waals surface area contributed by atoms with Crippen LogP contribution in [0.15, 0.2) is 72.8 Å². The number of nitrogen functional groups attached to an aromatic ring is 1. The van der Waals surface area contributed by atoms with Gasteiger partial charge in [0.15, 0.2) is 0 Å². The SMILES string of the molecule is Cc1cccc(C(=O)NCc2ccc(C(=N)N)cc2N(CC(N)=O)c2ccccc2)c1.Cl. The van der Waals surface area contributed by atoms with Crippen molar-refractivity contribution >= 4 is 41.4 Å². The summed E-state index contributed by atoms with van der Waals surface area (Å²) in [7, 11) is 0. The van der Waals surface area contributed by atoms with Gasteiger partial charge in [0.1, 0.15) is 12.4 Å². The van der Waals surface area contributed by atoms with E-state index < -0.39 is 5.91 Å². The number of nitrogens with zero attached hydrogens (tertiary/aromatic N) is 1. The molecule has 166 valence electrons. The van der Waals surface area contributed by atoms with E-state index in [4.69, 9.17) is 16.9 Å². The van der Waals surface area contributed by atoms with Gasteiger partial charge in [0.25, 0.3) is 5.91 Å². The number of primary amides is 1. The molecule has 0 unspecified atom stereocenters. The molecule has 6 N–H and O–H groups in total. The number of benzene rings is 3. The first kappa shape index (κ1) is 24.4. The van der Waals surface area contributed by atoms with Crippen molar-refractivity contribution < 1.29 is 9.59 Å². The van der Waals surface area contributed by atoms with Crippen molar-refractivity contribution in [3.8, 4) is 0 Å². The molecule has 0 aliphatic heterocycles. The van der Waals surface area contributed by atoms with E-state index in [0.29, 0.717) is 16.8 Å². The van der Waals surface area contributed by atoms with Gasteiger partial charge in [-0.3, -0.25) is 15.0 Å². The van der Waals surface area contributed by atoms with E-state index in [0.717, 1.165) is 16.8 Å². The molecule has 0 aromatic heterocycles. The minimum Gasteiger partial charge on any atom is -0.384 e. The number of nitrogens with two attached hydrogens (primary N) is 2. The molecule has 0 heterocycles. The van der Waals surface area contributed by atoms with E-state index in [1.165, 1.54) is 0 Å². The van der Waals surface area contributed by atoms with E-state index in [1.807, 2.05) is 55.5 Å². The van der Waals surface area contributed by atoms with E-state index in [1.54, 1.807) is 29.2 Å². The minimum atomic E-state index is -0.508. The topological polar surface area (TPSA) is 125 Å². The van der Waals surface area contributed by atoms with E-state index in [9.17, 15) is 9.59 Å². The second-order valence-electron chi connectivity index (χ2n) is 7.20. The van der Waals surface area contributed by atoms with Gasteiger partial charge in [0.2, 0.25) is 5.91 Å². The highest BCUT2D eigenvalue weighted by molar-refractivity contribution is 5.97. The lowest BCUT2D eigenvalue weighted by Gasteiger charge is -2.27. The standard InChI is InChI=1S/C24H25N5O2.ClH/c1-16-6-5-7-18(12-16)24(31)28-14-19-11-10-17(23(26)27)13-21(19)29(15-22(25)30)20-8-3-2-4-9-20;/h2-13H,14-15H2,1H3,(H2,25,30)(H3,26,27)(H,28,31);1H. The maximum absolute atomic E-state index is 12.6. The number of halogens is 1. The van der Waals surface area contributed by atoms with Crippen LogP contribution >= 0.6 is 12.4 Å². The third-order valence-corrected chi connectivity index (χ3v) is 4.79. The summed E-state index contributed by atoms with van der Waals surface area (Å²) in [5.74, 6) is -0.804. The van der Waals surface area contributed by atoms with Crippen molar-refractivity contribution in [3.63, 3.8) is 0 Å². The molecule has 0 atom stereocenters. The average Bonchev–Trinajstić information content (AvgIpc) is 2.76. The van der Waals surface area contributed by atoms with Gasteiger partial charge >= 0.3 is 0 Å². The third kappa shape index (κ3) is 6.09. The number of carbonyl (C=O) groups excluding carboxylic acids is 2. The van der Waals surface area contributed by atoms with Gasteiger partial charge in [-0.2, -0.15) is 0 Å². The number of amides is 2. The number of anilines is 2. The fraction of sp³-hybridized carbons (Fsp3) is 0.125. The lowest BCUT2D eigenvalue weighted by Crippen LogP contribution is -2.32. The second kappa shape index (κ2) is 11.0. The van der Waals surface area contributed by atoms with Gasteiger partial charge in [0.05, 0.1) is 0 Å². The van der Waals surface area contributed by atoms with Gasteiger partial charge in [-0.25, -0.2) is 0 Å². The zero-order valence-corrected chi connectivity index (χ0v) is 18.5. The van der Waals surface area contributed by atoms with Crippen molar-refractivity contribution in [1.29, 1.82) is 5.41 Å². The predicted molar refractivity (Wildman–Crippen MR) is 130 cm³/mol. The summed E-state index contributed by atoms with van der Waals surface area (Å²) in [5, 5.41) is 10.7. The maximum atomic E-state index is 12.6. The smallest absolute Gasteiger partial charge is 0.251 e. The Labute approximate surface area is 193 Å². The Morgan fingerprint density at radius 3 is 2.28 bits per heavy atom. The van der Waals surface area contributed by atoms with Crippen LogP contribution in [0.25, 0.3) is 0 Å². The number of amidine groups is 1. The summed E-state index contributed by atoms with van der Waals surface area (Å²) in [4.78, 5) is 26.2. The average molecular weight is 452 g/mol. The molecule has 0 fully saturated rings. The molecule has 7 nitrogen and oxygen atoms in total. The lowest BCUT2D eigenvalue weighted by molar-refractivity contribution is -0.116. The minimum absolute atomic E-state index is 0. The van der Waals surface area contributed by atoms with Gasteiger partial charge in [0, 0.05) is 29.0 Å². The zero-order chi connectivity index (χ0) is 22.4. The molecule has 0 radical (unpaired) electrons. The van der Waals surface area contributed by atoms with Crippen LogP contribution in [0, 0.1) is 12.3 Å². The van der Waals surface area contributed by atoms with Crippen molar-refractivity contribution in [1.82, 2.24) is 5.32 Å². The normalized spacial score (nSPS) is 10.0. The van der Waals surface area contributed by atoms with Crippen molar-refractivity contribution in [2.75, 3.05) is 11.4 Å². The number of para-hydroxylation sites is 1. The van der Waals surface area contributed by atoms with Crippen LogP contribution in [0.2, 0.25) is 0 Å². The van der Waals surface area contributed by atoms with Crippen LogP contribution in [0.5, 0.6) is 0 Å². The van der Waals surface area contributed by atoms with Crippen molar-refractivity contribution in [2.45, 2.75) is 13.5 Å². The van der Waals surface area contributed by atoms with E-state index >= 15 is 0 Å². The Morgan fingerprint density at radius 2 is 1.66 bits per heavy atom. The molecular formula is C24H26ClN5O2. The van der Waals surface area contributed by atoms with E-state index in [2.05, 4.69) is 5.32 Å². The highest BCUT2D eigenvalue weighted by Gasteiger charge is 2.18. The molecule has 3 aromatic carbocycles. The molecule has 0 aliphatic carbocycles. The highest BCUT2D eigenvalue weighted by Crippen LogP contribution is 2.29. The molecule has 0 aliphatic rings. The number of carbonyl (C=O) groups is 2. The van der Waals surface area contributed by atoms with Crippen LogP contribution in [0.4, 0.5) is 11.4 Å². The first-order valence-corrected chi connectivity index (χ1v) is 9.78. The van der Waals surface area contributed by atoms with Gasteiger partial charge < -0.3 is 21.7 Å². The van der Waals surface area contributed by atoms with Crippen LogP contribution in [-0.2, 0) is 11.3 Å². The first-order chi connectivity index (χ1) is 14.8. The van der Waals surface area contributed by atoms with E-state index in [-0.39, 0.29) is 37.2 Å². The molecule has 0 bridgehead atoms. The number of hydrogen-bond donors (Lipinski definition) is 4. The fourth-order valence-corrected chi connectivity index (χ4v) is 3.28. The monoisotopic (exact) mass is 451 g/mol. The van der Waals surface area contributed by atoms with Crippen LogP contribution in [-0.4, -0.2) is 24.2 Å². The third-order valence-electron chi connectivity index (χ3n) is 4.79. The summed E-state index contributed by atoms with van der Waals surface area (Å²) in [6.07, 6.45) is 0. The Bertz CT molecular complexity index is 1120. The van der Waals surface area contributed by atoms with Crippen LogP contribution in [0.3, 0.4) is 0 Å². The Kier molecular flexibility index (Phi) is 8.38. The summed E-state index contributed by atoms with van der Waals surface area (Å²) in [6, 6.07) is 21.9. The molecule has 0 spiro atoms. The molecule has 3 aromatic rings. The molecule has 32 heavy (non-hydrogen) atoms. The lowest BCUT2D eigenvalue weighted by atomic mass is 10.1. The highest BCUT2D eigenvalue weighted by atomic mass is 35.5. The summed E-state index contributed by atoms with van der Waals surface area (Å²) in [6.45, 7) is 2.09. The number of aryl methyl sites for hydroxylation is 1. The Balaban J connectivity index is 0.00000363. The molecular weight excluding hydrogens is 426 g/mol. The van der Waals surface area contributed by atoms with Crippen LogP contribution < -0.4 is 21.7 Å². The van der Waals surface area contributed by atoms with Gasteiger partial charge in [-0.1, -0.05) is 48.0 Å². The Hall–Kier alpha value is -3.84. The fourth-order valence-electron chi connectivity index (χ4n) is 3.28. The molecule has 2 amide bonds. The second-order valence-corrected chi connectivity index (χ2v) is 7.20. The number of nitrogens with one attached hydrogen (secondary N) is 2. The molecule has 3 rings (SSSR count). The number of rotatable bonds is 8. The Morgan fingerprint density at radius 1 is 0.938 bits per heavy atom. The van der Waals surface area contributed by atoms with Crippen LogP contribution in [0.1, 0.15) is 27.0 Å². The van der Waals surface area contributed by atoms with Crippen molar-refractivity contribution in [3.05, 3.63) is 95.1 Å². The summed E-state index contributed by atoms with van der Waals surface area (Å²) < 4.78 is 0. The number of hydrogen-bond acceptors (Lipinski definition) is 4. The van der Waals surface area contributed by atoms with Gasteiger partial charge in [-0.15, -0.1) is 12.4 Å².